The average Bonchev–Trinajstić information content (AvgIpc) is 3.18. The van der Waals surface area contributed by atoms with Crippen LogP contribution in [0.15, 0.2) is 106 Å². The zero-order chi connectivity index (χ0) is 23.9. The van der Waals surface area contributed by atoms with Crippen LogP contribution in [-0.2, 0) is 0 Å². The summed E-state index contributed by atoms with van der Waals surface area (Å²) in [5.74, 6) is 1.16. The first-order valence-electron chi connectivity index (χ1n) is 10.9. The third kappa shape index (κ3) is 3.64. The number of para-hydroxylation sites is 2. The van der Waals surface area contributed by atoms with Crippen LogP contribution in [0, 0.1) is 0 Å². The second-order valence-electron chi connectivity index (χ2n) is 8.07. The Hall–Kier alpha value is -4.42. The maximum atomic E-state index is 13.6. The number of aromatic nitrogens is 1. The Morgan fingerprint density at radius 1 is 0.857 bits per heavy atom. The molecule has 0 fully saturated rings. The number of amides is 1. The molecule has 0 bridgehead atoms. The van der Waals surface area contributed by atoms with Crippen LogP contribution in [0.4, 0.5) is 5.82 Å². The second kappa shape index (κ2) is 8.42. The minimum atomic E-state index is -0.758. The van der Waals surface area contributed by atoms with Gasteiger partial charge in [-0.05, 0) is 54.1 Å². The van der Waals surface area contributed by atoms with Gasteiger partial charge >= 0.3 is 0 Å². The number of carbonyl (C=O) groups is 1. The van der Waals surface area contributed by atoms with Crippen molar-refractivity contribution in [2.24, 2.45) is 0 Å². The molecule has 1 amide bonds. The molecule has 1 aliphatic heterocycles. The molecule has 0 spiro atoms. The quantitative estimate of drug-likeness (QED) is 0.298. The Kier molecular flexibility index (Phi) is 5.08. The van der Waals surface area contributed by atoms with E-state index >= 15 is 0 Å². The molecule has 6 rings (SSSR count). The largest absolute Gasteiger partial charge is 0.457 e. The van der Waals surface area contributed by atoms with Crippen molar-refractivity contribution in [3.05, 3.63) is 129 Å². The maximum absolute atomic E-state index is 13.6. The normalized spacial score (nSPS) is 14.8. The van der Waals surface area contributed by atoms with Crippen LogP contribution < -0.4 is 15.1 Å². The fourth-order valence-electron chi connectivity index (χ4n) is 4.35. The molecule has 7 heteroatoms. The van der Waals surface area contributed by atoms with Crippen LogP contribution in [0.25, 0.3) is 11.0 Å². The predicted molar refractivity (Wildman–Crippen MR) is 133 cm³/mol. The highest BCUT2D eigenvalue weighted by Gasteiger charge is 2.44. The lowest BCUT2D eigenvalue weighted by molar-refractivity contribution is 0.0970. The van der Waals surface area contributed by atoms with Gasteiger partial charge in [-0.1, -0.05) is 54.1 Å². The van der Waals surface area contributed by atoms with Crippen molar-refractivity contribution in [1.29, 1.82) is 0 Å². The number of anilines is 1. The van der Waals surface area contributed by atoms with E-state index in [9.17, 15) is 9.59 Å². The van der Waals surface area contributed by atoms with Gasteiger partial charge in [-0.3, -0.25) is 14.5 Å². The molecule has 0 N–H and O–H groups in total. The first-order chi connectivity index (χ1) is 17.1. The van der Waals surface area contributed by atoms with Crippen molar-refractivity contribution in [1.82, 2.24) is 4.98 Å². The van der Waals surface area contributed by atoms with Crippen LogP contribution in [0.2, 0.25) is 5.02 Å². The number of carbonyl (C=O) groups excluding carboxylic acids is 1. The van der Waals surface area contributed by atoms with Crippen LogP contribution in [-0.4, -0.2) is 10.9 Å². The molecule has 0 aliphatic carbocycles. The van der Waals surface area contributed by atoms with Crippen molar-refractivity contribution in [2.75, 3.05) is 4.90 Å². The van der Waals surface area contributed by atoms with Crippen molar-refractivity contribution >= 4 is 34.3 Å². The SMILES string of the molecule is O=C1c2oc3ccccc3c(=O)c2C(c2cccc(Oc3ccccc3)c2)N1c1ccc(Cl)cn1. The summed E-state index contributed by atoms with van der Waals surface area (Å²) < 4.78 is 12.0. The summed E-state index contributed by atoms with van der Waals surface area (Å²) in [5, 5.41) is 0.847. The zero-order valence-electron chi connectivity index (χ0n) is 18.2. The van der Waals surface area contributed by atoms with Crippen molar-refractivity contribution in [2.45, 2.75) is 6.04 Å². The summed E-state index contributed by atoms with van der Waals surface area (Å²) in [6.45, 7) is 0. The van der Waals surface area contributed by atoms with Crippen LogP contribution >= 0.6 is 11.6 Å². The van der Waals surface area contributed by atoms with Crippen molar-refractivity contribution in [3.8, 4) is 11.5 Å². The molecule has 35 heavy (non-hydrogen) atoms. The van der Waals surface area contributed by atoms with Gasteiger partial charge in [0, 0.05) is 6.20 Å². The number of ether oxygens (including phenoxy) is 1. The van der Waals surface area contributed by atoms with E-state index in [4.69, 9.17) is 20.8 Å². The third-order valence-corrected chi connectivity index (χ3v) is 6.11. The number of rotatable bonds is 4. The summed E-state index contributed by atoms with van der Waals surface area (Å²) in [6, 6.07) is 26.1. The maximum Gasteiger partial charge on any atom is 0.296 e. The Bertz CT molecular complexity index is 1630. The van der Waals surface area contributed by atoms with E-state index in [0.717, 1.165) is 0 Å². The van der Waals surface area contributed by atoms with E-state index < -0.39 is 11.9 Å². The highest BCUT2D eigenvalue weighted by Crippen LogP contribution is 2.41. The van der Waals surface area contributed by atoms with Gasteiger partial charge in [0.25, 0.3) is 5.91 Å². The number of benzene rings is 3. The highest BCUT2D eigenvalue weighted by molar-refractivity contribution is 6.30. The summed E-state index contributed by atoms with van der Waals surface area (Å²) in [7, 11) is 0. The fourth-order valence-corrected chi connectivity index (χ4v) is 4.47. The lowest BCUT2D eigenvalue weighted by atomic mass is 9.98. The minimum absolute atomic E-state index is 0.00447. The van der Waals surface area contributed by atoms with E-state index in [1.807, 2.05) is 54.6 Å². The molecule has 1 aliphatic rings. The molecule has 170 valence electrons. The molecule has 0 radical (unpaired) electrons. The third-order valence-electron chi connectivity index (χ3n) is 5.89. The molecule has 1 atom stereocenters. The highest BCUT2D eigenvalue weighted by atomic mass is 35.5. The van der Waals surface area contributed by atoms with Gasteiger partial charge in [-0.2, -0.15) is 0 Å². The summed E-state index contributed by atoms with van der Waals surface area (Å²) in [5.41, 5.74) is 1.05. The summed E-state index contributed by atoms with van der Waals surface area (Å²) in [6.07, 6.45) is 1.46. The van der Waals surface area contributed by atoms with Gasteiger partial charge in [-0.25, -0.2) is 4.98 Å². The molecule has 3 aromatic carbocycles. The first kappa shape index (κ1) is 21.1. The molecule has 3 heterocycles. The van der Waals surface area contributed by atoms with Gasteiger partial charge in [0.1, 0.15) is 22.9 Å². The first-order valence-corrected chi connectivity index (χ1v) is 11.3. The molecule has 6 nitrogen and oxygen atoms in total. The van der Waals surface area contributed by atoms with Gasteiger partial charge in [0.2, 0.25) is 5.76 Å². The summed E-state index contributed by atoms with van der Waals surface area (Å²) >= 11 is 6.04. The molecule has 0 saturated heterocycles. The average molecular weight is 481 g/mol. The van der Waals surface area contributed by atoms with Crippen LogP contribution in [0.1, 0.15) is 27.7 Å². The number of nitrogens with zero attached hydrogens (tertiary/aromatic N) is 2. The lowest BCUT2D eigenvalue weighted by Gasteiger charge is -2.24. The van der Waals surface area contributed by atoms with Crippen molar-refractivity contribution < 1.29 is 13.9 Å². The second-order valence-corrected chi connectivity index (χ2v) is 8.51. The van der Waals surface area contributed by atoms with E-state index in [2.05, 4.69) is 4.98 Å². The molecule has 2 aromatic heterocycles. The molecule has 1 unspecified atom stereocenters. The smallest absolute Gasteiger partial charge is 0.296 e. The van der Waals surface area contributed by atoms with Gasteiger partial charge < -0.3 is 9.15 Å². The predicted octanol–water partition coefficient (Wildman–Crippen LogP) is 6.38. The van der Waals surface area contributed by atoms with E-state index in [-0.39, 0.29) is 16.8 Å². The Labute approximate surface area is 205 Å². The zero-order valence-corrected chi connectivity index (χ0v) is 19.0. The lowest BCUT2D eigenvalue weighted by Crippen LogP contribution is -2.30. The minimum Gasteiger partial charge on any atom is -0.457 e. The Morgan fingerprint density at radius 2 is 1.63 bits per heavy atom. The summed E-state index contributed by atoms with van der Waals surface area (Å²) in [4.78, 5) is 33.1. The van der Waals surface area contributed by atoms with Gasteiger partial charge in [0.15, 0.2) is 5.43 Å². The Balaban J connectivity index is 1.55. The number of fused-ring (bicyclic) bond motifs is 2. The number of halogens is 1. The topological polar surface area (TPSA) is 72.6 Å². The monoisotopic (exact) mass is 480 g/mol. The van der Waals surface area contributed by atoms with Crippen LogP contribution in [0.3, 0.4) is 0 Å². The molecular formula is C28H17ClN2O4. The number of pyridine rings is 1. The van der Waals surface area contributed by atoms with Crippen LogP contribution in [0.5, 0.6) is 11.5 Å². The molecule has 5 aromatic rings. The van der Waals surface area contributed by atoms with Gasteiger partial charge in [0.05, 0.1) is 22.0 Å². The Morgan fingerprint density at radius 3 is 2.43 bits per heavy atom. The van der Waals surface area contributed by atoms with Crippen molar-refractivity contribution in [3.63, 3.8) is 0 Å². The molecule has 0 saturated carbocycles. The van der Waals surface area contributed by atoms with E-state index in [1.165, 1.54) is 11.1 Å². The van der Waals surface area contributed by atoms with E-state index in [1.54, 1.807) is 36.4 Å². The standard InChI is InChI=1S/C28H17ClN2O4/c29-18-13-14-23(30-16-18)31-25(17-7-6-10-20(15-17)34-19-8-2-1-3-9-19)24-26(32)21-11-4-5-12-22(21)35-27(24)28(31)33/h1-16,25H. The van der Waals surface area contributed by atoms with E-state index in [0.29, 0.717) is 38.9 Å². The van der Waals surface area contributed by atoms with Gasteiger partial charge in [-0.15, -0.1) is 0 Å². The molecular weight excluding hydrogens is 464 g/mol. The fraction of sp³-hybridized carbons (Fsp3) is 0.0357. The number of hydrogen-bond acceptors (Lipinski definition) is 5. The number of hydrogen-bond donors (Lipinski definition) is 0.